The SMILES string of the molecule is CNC(C)CNC(=O)CC(NC(N)=O)c1ccccc1C. The Hall–Kier alpha value is -2.08. The Morgan fingerprint density at radius 2 is 1.95 bits per heavy atom. The molecule has 0 spiro atoms. The summed E-state index contributed by atoms with van der Waals surface area (Å²) >= 11 is 0. The van der Waals surface area contributed by atoms with Gasteiger partial charge in [-0.25, -0.2) is 4.79 Å². The molecule has 0 radical (unpaired) electrons. The Morgan fingerprint density at radius 1 is 1.29 bits per heavy atom. The van der Waals surface area contributed by atoms with Crippen LogP contribution in [-0.2, 0) is 4.79 Å². The fourth-order valence-electron chi connectivity index (χ4n) is 2.01. The monoisotopic (exact) mass is 292 g/mol. The first-order chi connectivity index (χ1) is 9.93. The quantitative estimate of drug-likeness (QED) is 0.599. The zero-order chi connectivity index (χ0) is 15.8. The molecule has 3 amide bonds. The van der Waals surface area contributed by atoms with Gasteiger partial charge in [-0.2, -0.15) is 0 Å². The van der Waals surface area contributed by atoms with Crippen LogP contribution < -0.4 is 21.7 Å². The lowest BCUT2D eigenvalue weighted by Gasteiger charge is -2.20. The number of benzene rings is 1. The second kappa shape index (κ2) is 8.26. The van der Waals surface area contributed by atoms with Gasteiger partial charge in [0.1, 0.15) is 0 Å². The molecule has 0 aromatic heterocycles. The summed E-state index contributed by atoms with van der Waals surface area (Å²) in [6, 6.07) is 6.74. The maximum atomic E-state index is 12.0. The molecule has 0 aliphatic carbocycles. The molecular weight excluding hydrogens is 268 g/mol. The zero-order valence-corrected chi connectivity index (χ0v) is 12.8. The van der Waals surface area contributed by atoms with E-state index in [1.54, 1.807) is 0 Å². The van der Waals surface area contributed by atoms with Gasteiger partial charge in [0.15, 0.2) is 0 Å². The molecule has 21 heavy (non-hydrogen) atoms. The van der Waals surface area contributed by atoms with Gasteiger partial charge in [0, 0.05) is 12.6 Å². The molecule has 6 nitrogen and oxygen atoms in total. The Balaban J connectivity index is 2.73. The number of amides is 3. The highest BCUT2D eigenvalue weighted by molar-refractivity contribution is 5.78. The molecule has 0 saturated heterocycles. The van der Waals surface area contributed by atoms with Gasteiger partial charge in [0.2, 0.25) is 5.91 Å². The molecule has 0 fully saturated rings. The highest BCUT2D eigenvalue weighted by Crippen LogP contribution is 2.20. The van der Waals surface area contributed by atoms with Crippen LogP contribution in [0.5, 0.6) is 0 Å². The fraction of sp³-hybridized carbons (Fsp3) is 0.467. The summed E-state index contributed by atoms with van der Waals surface area (Å²) in [6.45, 7) is 4.44. The second-order valence-electron chi connectivity index (χ2n) is 5.12. The van der Waals surface area contributed by atoms with Gasteiger partial charge in [0.05, 0.1) is 12.5 Å². The molecule has 2 unspecified atom stereocenters. The first-order valence-corrected chi connectivity index (χ1v) is 6.99. The summed E-state index contributed by atoms with van der Waals surface area (Å²) in [7, 11) is 1.83. The average Bonchev–Trinajstić information content (AvgIpc) is 2.44. The van der Waals surface area contributed by atoms with Crippen LogP contribution in [0.15, 0.2) is 24.3 Å². The molecule has 1 aromatic carbocycles. The predicted octanol–water partition coefficient (Wildman–Crippen LogP) is 0.819. The van der Waals surface area contributed by atoms with Crippen molar-refractivity contribution in [2.24, 2.45) is 5.73 Å². The zero-order valence-electron chi connectivity index (χ0n) is 12.8. The first kappa shape index (κ1) is 17.0. The summed E-state index contributed by atoms with van der Waals surface area (Å²) in [5.74, 6) is -0.126. The number of carbonyl (C=O) groups excluding carboxylic acids is 2. The van der Waals surface area contributed by atoms with Crippen LogP contribution in [0.25, 0.3) is 0 Å². The molecule has 116 valence electrons. The first-order valence-electron chi connectivity index (χ1n) is 6.99. The third kappa shape index (κ3) is 5.83. The van der Waals surface area contributed by atoms with Crippen molar-refractivity contribution in [3.8, 4) is 0 Å². The number of carbonyl (C=O) groups is 2. The topological polar surface area (TPSA) is 96.2 Å². The van der Waals surface area contributed by atoms with Crippen LogP contribution in [0.2, 0.25) is 0 Å². The smallest absolute Gasteiger partial charge is 0.312 e. The average molecular weight is 292 g/mol. The summed E-state index contributed by atoms with van der Waals surface area (Å²) in [6.07, 6.45) is 0.157. The molecule has 0 bridgehead atoms. The van der Waals surface area contributed by atoms with Crippen molar-refractivity contribution < 1.29 is 9.59 Å². The van der Waals surface area contributed by atoms with Gasteiger partial charge in [-0.05, 0) is 32.0 Å². The largest absolute Gasteiger partial charge is 0.354 e. The highest BCUT2D eigenvalue weighted by atomic mass is 16.2. The van der Waals surface area contributed by atoms with E-state index in [9.17, 15) is 9.59 Å². The number of nitrogens with two attached hydrogens (primary N) is 1. The van der Waals surface area contributed by atoms with Crippen molar-refractivity contribution in [2.75, 3.05) is 13.6 Å². The molecule has 1 aromatic rings. The van der Waals surface area contributed by atoms with Crippen molar-refractivity contribution in [3.05, 3.63) is 35.4 Å². The lowest BCUT2D eigenvalue weighted by Crippen LogP contribution is -2.40. The second-order valence-corrected chi connectivity index (χ2v) is 5.12. The van der Waals surface area contributed by atoms with Crippen molar-refractivity contribution in [1.29, 1.82) is 0 Å². The number of urea groups is 1. The Bertz CT molecular complexity index is 490. The number of hydrogen-bond acceptors (Lipinski definition) is 3. The van der Waals surface area contributed by atoms with E-state index in [-0.39, 0.29) is 18.4 Å². The Labute approximate surface area is 125 Å². The van der Waals surface area contributed by atoms with Crippen LogP contribution in [0.3, 0.4) is 0 Å². The van der Waals surface area contributed by atoms with Crippen molar-refractivity contribution in [1.82, 2.24) is 16.0 Å². The molecule has 2 atom stereocenters. The molecule has 0 heterocycles. The van der Waals surface area contributed by atoms with Crippen molar-refractivity contribution in [3.63, 3.8) is 0 Å². The number of likely N-dealkylation sites (N-methyl/N-ethyl adjacent to an activating group) is 1. The summed E-state index contributed by atoms with van der Waals surface area (Å²) in [5.41, 5.74) is 7.11. The van der Waals surface area contributed by atoms with Gasteiger partial charge in [-0.1, -0.05) is 24.3 Å². The minimum atomic E-state index is -0.639. The number of rotatable bonds is 7. The van der Waals surface area contributed by atoms with Gasteiger partial charge in [0.25, 0.3) is 0 Å². The van der Waals surface area contributed by atoms with Crippen LogP contribution >= 0.6 is 0 Å². The van der Waals surface area contributed by atoms with Crippen LogP contribution in [0, 0.1) is 6.92 Å². The molecule has 6 heteroatoms. The standard InChI is InChI=1S/C15H24N4O2/c1-10-6-4-5-7-12(10)13(19-15(16)21)8-14(20)18-9-11(2)17-3/h4-7,11,13,17H,8-9H2,1-3H3,(H,18,20)(H3,16,19,21). The van der Waals surface area contributed by atoms with Gasteiger partial charge >= 0.3 is 6.03 Å². The molecule has 5 N–H and O–H groups in total. The summed E-state index contributed by atoms with van der Waals surface area (Å²) in [4.78, 5) is 23.2. The fourth-order valence-corrected chi connectivity index (χ4v) is 2.01. The molecule has 0 aliphatic rings. The lowest BCUT2D eigenvalue weighted by atomic mass is 9.98. The molecular formula is C15H24N4O2. The van der Waals surface area contributed by atoms with E-state index in [1.807, 2.05) is 45.2 Å². The number of aryl methyl sites for hydroxylation is 1. The minimum Gasteiger partial charge on any atom is -0.354 e. The van der Waals surface area contributed by atoms with Crippen LogP contribution in [0.1, 0.15) is 30.5 Å². The van der Waals surface area contributed by atoms with Crippen molar-refractivity contribution >= 4 is 11.9 Å². The number of primary amides is 1. The Morgan fingerprint density at radius 3 is 2.52 bits per heavy atom. The van der Waals surface area contributed by atoms with E-state index in [1.165, 1.54) is 0 Å². The summed E-state index contributed by atoms with van der Waals surface area (Å²) < 4.78 is 0. The molecule has 0 aliphatic heterocycles. The van der Waals surface area contributed by atoms with E-state index in [0.29, 0.717) is 6.54 Å². The van der Waals surface area contributed by atoms with Gasteiger partial charge in [-0.15, -0.1) is 0 Å². The Kier molecular flexibility index (Phi) is 6.68. The highest BCUT2D eigenvalue weighted by Gasteiger charge is 2.19. The maximum Gasteiger partial charge on any atom is 0.312 e. The van der Waals surface area contributed by atoms with Gasteiger partial charge < -0.3 is 21.7 Å². The van der Waals surface area contributed by atoms with Crippen LogP contribution in [-0.4, -0.2) is 31.6 Å². The predicted molar refractivity (Wildman–Crippen MR) is 82.8 cm³/mol. The minimum absolute atomic E-state index is 0.126. The van der Waals surface area contributed by atoms with E-state index in [0.717, 1.165) is 11.1 Å². The van der Waals surface area contributed by atoms with Crippen molar-refractivity contribution in [2.45, 2.75) is 32.4 Å². The molecule has 1 rings (SSSR count). The third-order valence-electron chi connectivity index (χ3n) is 3.37. The normalized spacial score (nSPS) is 13.3. The van der Waals surface area contributed by atoms with E-state index < -0.39 is 12.1 Å². The summed E-state index contributed by atoms with van der Waals surface area (Å²) in [5, 5.41) is 8.51. The van der Waals surface area contributed by atoms with E-state index in [4.69, 9.17) is 5.73 Å². The third-order valence-corrected chi connectivity index (χ3v) is 3.37. The lowest BCUT2D eigenvalue weighted by molar-refractivity contribution is -0.121. The van der Waals surface area contributed by atoms with Gasteiger partial charge in [-0.3, -0.25) is 4.79 Å². The number of hydrogen-bond donors (Lipinski definition) is 4. The maximum absolute atomic E-state index is 12.0. The van der Waals surface area contributed by atoms with Crippen LogP contribution in [0.4, 0.5) is 4.79 Å². The number of nitrogens with one attached hydrogen (secondary N) is 3. The van der Waals surface area contributed by atoms with E-state index in [2.05, 4.69) is 16.0 Å². The van der Waals surface area contributed by atoms with E-state index >= 15 is 0 Å². The molecule has 0 saturated carbocycles.